The van der Waals surface area contributed by atoms with Crippen LogP contribution in [0.3, 0.4) is 0 Å². The van der Waals surface area contributed by atoms with Gasteiger partial charge in [-0.2, -0.15) is 11.8 Å². The molecule has 0 saturated carbocycles. The van der Waals surface area contributed by atoms with Gasteiger partial charge in [0.2, 0.25) is 0 Å². The van der Waals surface area contributed by atoms with E-state index in [-0.39, 0.29) is 6.61 Å². The van der Waals surface area contributed by atoms with Crippen LogP contribution < -0.4 is 0 Å². The van der Waals surface area contributed by atoms with Crippen LogP contribution in [0.2, 0.25) is 5.02 Å². The highest BCUT2D eigenvalue weighted by Crippen LogP contribution is 2.17. The van der Waals surface area contributed by atoms with Gasteiger partial charge in [-0.25, -0.2) is 0 Å². The molecule has 0 aliphatic rings. The first-order valence-electron chi connectivity index (χ1n) is 5.69. The highest BCUT2D eigenvalue weighted by Gasteiger charge is 2.08. The van der Waals surface area contributed by atoms with E-state index < -0.39 is 0 Å². The summed E-state index contributed by atoms with van der Waals surface area (Å²) in [4.78, 5) is 0. The third-order valence-electron chi connectivity index (χ3n) is 2.57. The molecular formula is C13H19ClOS. The van der Waals surface area contributed by atoms with Crippen molar-refractivity contribution in [2.75, 3.05) is 18.1 Å². The quantitative estimate of drug-likeness (QED) is 0.754. The largest absolute Gasteiger partial charge is 0.396 e. The van der Waals surface area contributed by atoms with Gasteiger partial charge < -0.3 is 5.11 Å². The lowest BCUT2D eigenvalue weighted by atomic mass is 9.98. The molecule has 3 heteroatoms. The van der Waals surface area contributed by atoms with Crippen LogP contribution in [0.5, 0.6) is 0 Å². The summed E-state index contributed by atoms with van der Waals surface area (Å²) >= 11 is 7.76. The average molecular weight is 259 g/mol. The van der Waals surface area contributed by atoms with E-state index in [1.54, 1.807) is 0 Å². The molecule has 0 aliphatic heterocycles. The summed E-state index contributed by atoms with van der Waals surface area (Å²) in [6, 6.07) is 7.90. The summed E-state index contributed by atoms with van der Waals surface area (Å²) in [7, 11) is 0. The Bertz CT molecular complexity index is 286. The molecule has 1 atom stereocenters. The minimum absolute atomic E-state index is 0.271. The van der Waals surface area contributed by atoms with Crippen molar-refractivity contribution >= 4 is 23.4 Å². The van der Waals surface area contributed by atoms with Crippen LogP contribution in [0.1, 0.15) is 18.9 Å². The SMILES string of the molecule is CCSCCC(CO)Cc1ccc(Cl)cc1. The zero-order valence-corrected chi connectivity index (χ0v) is 11.2. The van der Waals surface area contributed by atoms with Gasteiger partial charge in [0.05, 0.1) is 0 Å². The zero-order valence-electron chi connectivity index (χ0n) is 9.66. The van der Waals surface area contributed by atoms with Crippen molar-refractivity contribution in [2.45, 2.75) is 19.8 Å². The predicted molar refractivity (Wildman–Crippen MR) is 73.3 cm³/mol. The van der Waals surface area contributed by atoms with Gasteiger partial charge >= 0.3 is 0 Å². The predicted octanol–water partition coefficient (Wildman–Crippen LogP) is 3.63. The minimum atomic E-state index is 0.271. The first-order chi connectivity index (χ1) is 7.76. The van der Waals surface area contributed by atoms with Gasteiger partial charge in [0.1, 0.15) is 0 Å². The van der Waals surface area contributed by atoms with Crippen molar-refractivity contribution in [3.8, 4) is 0 Å². The van der Waals surface area contributed by atoms with E-state index in [0.29, 0.717) is 5.92 Å². The number of thioether (sulfide) groups is 1. The Kier molecular flexibility index (Phi) is 6.93. The number of halogens is 1. The molecule has 1 aromatic rings. The maximum atomic E-state index is 9.31. The van der Waals surface area contributed by atoms with E-state index in [2.05, 4.69) is 6.92 Å². The zero-order chi connectivity index (χ0) is 11.8. The standard InChI is InChI=1S/C13H19ClOS/c1-2-16-8-7-12(10-15)9-11-3-5-13(14)6-4-11/h3-6,12,15H,2,7-10H2,1H3. The summed E-state index contributed by atoms with van der Waals surface area (Å²) < 4.78 is 0. The smallest absolute Gasteiger partial charge is 0.0462 e. The molecule has 1 unspecified atom stereocenters. The van der Waals surface area contributed by atoms with Gasteiger partial charge in [0, 0.05) is 11.6 Å². The molecule has 0 amide bonds. The van der Waals surface area contributed by atoms with Crippen molar-refractivity contribution in [1.29, 1.82) is 0 Å². The normalized spacial score (nSPS) is 12.7. The third-order valence-corrected chi connectivity index (χ3v) is 3.75. The Morgan fingerprint density at radius 3 is 2.56 bits per heavy atom. The second kappa shape index (κ2) is 7.99. The summed E-state index contributed by atoms with van der Waals surface area (Å²) in [5.74, 6) is 2.66. The van der Waals surface area contributed by atoms with Crippen molar-refractivity contribution in [3.63, 3.8) is 0 Å². The molecule has 0 heterocycles. The summed E-state index contributed by atoms with van der Waals surface area (Å²) in [5, 5.41) is 10.1. The molecule has 0 fully saturated rings. The Morgan fingerprint density at radius 1 is 1.31 bits per heavy atom. The van der Waals surface area contributed by atoms with Gasteiger partial charge in [0.25, 0.3) is 0 Å². The minimum Gasteiger partial charge on any atom is -0.396 e. The number of benzene rings is 1. The van der Waals surface area contributed by atoms with E-state index in [1.807, 2.05) is 36.0 Å². The molecule has 16 heavy (non-hydrogen) atoms. The Hall–Kier alpha value is -0.180. The monoisotopic (exact) mass is 258 g/mol. The van der Waals surface area contributed by atoms with E-state index >= 15 is 0 Å². The number of hydrogen-bond acceptors (Lipinski definition) is 2. The van der Waals surface area contributed by atoms with Crippen LogP contribution >= 0.6 is 23.4 Å². The number of hydrogen-bond donors (Lipinski definition) is 1. The van der Waals surface area contributed by atoms with E-state index in [0.717, 1.165) is 29.4 Å². The fourth-order valence-electron chi connectivity index (χ4n) is 1.61. The lowest BCUT2D eigenvalue weighted by Crippen LogP contribution is -2.10. The molecule has 0 spiro atoms. The first kappa shape index (κ1) is 13.9. The number of rotatable bonds is 7. The van der Waals surface area contributed by atoms with E-state index in [4.69, 9.17) is 11.6 Å². The molecule has 1 N–H and O–H groups in total. The highest BCUT2D eigenvalue weighted by molar-refractivity contribution is 7.99. The molecule has 90 valence electrons. The Morgan fingerprint density at radius 2 is 2.00 bits per heavy atom. The van der Waals surface area contributed by atoms with Gasteiger partial charge in [0.15, 0.2) is 0 Å². The van der Waals surface area contributed by atoms with Crippen LogP contribution in [-0.2, 0) is 6.42 Å². The van der Waals surface area contributed by atoms with Gasteiger partial charge in [-0.15, -0.1) is 0 Å². The molecule has 1 nitrogen and oxygen atoms in total. The molecule has 0 aromatic heterocycles. The lowest BCUT2D eigenvalue weighted by Gasteiger charge is -2.13. The van der Waals surface area contributed by atoms with Crippen LogP contribution in [0.25, 0.3) is 0 Å². The fraction of sp³-hybridized carbons (Fsp3) is 0.538. The van der Waals surface area contributed by atoms with Crippen LogP contribution in [-0.4, -0.2) is 23.2 Å². The van der Waals surface area contributed by atoms with Crippen LogP contribution in [0.4, 0.5) is 0 Å². The summed E-state index contributed by atoms with van der Waals surface area (Å²) in [5.41, 5.74) is 1.25. The van der Waals surface area contributed by atoms with Gasteiger partial charge in [-0.05, 0) is 48.0 Å². The first-order valence-corrected chi connectivity index (χ1v) is 7.22. The molecular weight excluding hydrogens is 240 g/mol. The summed E-state index contributed by atoms with van der Waals surface area (Å²) in [6.07, 6.45) is 2.02. The van der Waals surface area contributed by atoms with E-state index in [9.17, 15) is 5.11 Å². The van der Waals surface area contributed by atoms with Crippen LogP contribution in [0, 0.1) is 5.92 Å². The third kappa shape index (κ3) is 5.24. The molecule has 0 saturated heterocycles. The van der Waals surface area contributed by atoms with Gasteiger partial charge in [-0.3, -0.25) is 0 Å². The van der Waals surface area contributed by atoms with Crippen molar-refractivity contribution < 1.29 is 5.11 Å². The maximum Gasteiger partial charge on any atom is 0.0462 e. The summed E-state index contributed by atoms with van der Waals surface area (Å²) in [6.45, 7) is 2.44. The van der Waals surface area contributed by atoms with Gasteiger partial charge in [-0.1, -0.05) is 30.7 Å². The number of aliphatic hydroxyl groups excluding tert-OH is 1. The lowest BCUT2D eigenvalue weighted by molar-refractivity contribution is 0.223. The highest BCUT2D eigenvalue weighted by atomic mass is 35.5. The average Bonchev–Trinajstić information content (AvgIpc) is 2.31. The second-order valence-electron chi connectivity index (χ2n) is 3.86. The van der Waals surface area contributed by atoms with Crippen molar-refractivity contribution in [1.82, 2.24) is 0 Å². The molecule has 0 radical (unpaired) electrons. The number of aliphatic hydroxyl groups is 1. The molecule has 1 aromatic carbocycles. The van der Waals surface area contributed by atoms with E-state index in [1.165, 1.54) is 5.56 Å². The second-order valence-corrected chi connectivity index (χ2v) is 5.70. The molecule has 0 aliphatic carbocycles. The Labute approximate surface area is 107 Å². The topological polar surface area (TPSA) is 20.2 Å². The maximum absolute atomic E-state index is 9.31. The molecule has 1 rings (SSSR count). The van der Waals surface area contributed by atoms with Crippen molar-refractivity contribution in [3.05, 3.63) is 34.9 Å². The molecule has 0 bridgehead atoms. The van der Waals surface area contributed by atoms with Crippen molar-refractivity contribution in [2.24, 2.45) is 5.92 Å². The fourth-order valence-corrected chi connectivity index (χ4v) is 2.52. The van der Waals surface area contributed by atoms with Crippen LogP contribution in [0.15, 0.2) is 24.3 Å². The Balaban J connectivity index is 2.40.